The van der Waals surface area contributed by atoms with Crippen molar-refractivity contribution in [1.29, 1.82) is 0 Å². The first-order valence-corrected chi connectivity index (χ1v) is 5.35. The molecule has 2 rings (SSSR count). The number of esters is 1. The molecule has 0 atom stereocenters. The zero-order chi connectivity index (χ0) is 13.1. The van der Waals surface area contributed by atoms with Gasteiger partial charge in [0.1, 0.15) is 5.82 Å². The molecule has 0 saturated heterocycles. The zero-order valence-electron chi connectivity index (χ0n) is 10.3. The van der Waals surface area contributed by atoms with Crippen LogP contribution in [0.1, 0.15) is 10.4 Å². The summed E-state index contributed by atoms with van der Waals surface area (Å²) in [4.78, 5) is 11.5. The molecule has 0 unspecified atom stereocenters. The molecule has 0 bridgehead atoms. The maximum absolute atomic E-state index is 12.8. The minimum absolute atomic E-state index is 0. The van der Waals surface area contributed by atoms with E-state index in [1.165, 1.54) is 19.2 Å². The van der Waals surface area contributed by atoms with Crippen molar-refractivity contribution in [2.24, 2.45) is 0 Å². The summed E-state index contributed by atoms with van der Waals surface area (Å²) in [5.41, 5.74) is 7.96. The maximum atomic E-state index is 12.8. The Morgan fingerprint density at radius 1 is 1.11 bits per heavy atom. The molecule has 0 aliphatic carbocycles. The second kappa shape index (κ2) is 5.97. The summed E-state index contributed by atoms with van der Waals surface area (Å²) in [6.07, 6.45) is 0. The molecule has 2 aromatic rings. The average Bonchev–Trinajstić information content (AvgIpc) is 2.39. The molecule has 0 spiro atoms. The molecule has 19 heavy (non-hydrogen) atoms. The van der Waals surface area contributed by atoms with Crippen molar-refractivity contribution < 1.29 is 13.9 Å². The van der Waals surface area contributed by atoms with Crippen molar-refractivity contribution in [3.05, 3.63) is 53.8 Å². The lowest BCUT2D eigenvalue weighted by atomic mass is 10.0. The van der Waals surface area contributed by atoms with Crippen molar-refractivity contribution in [3.8, 4) is 11.1 Å². The molecule has 0 fully saturated rings. The predicted molar refractivity (Wildman–Crippen MR) is 69.7 cm³/mol. The normalized spacial score (nSPS) is 9.58. The van der Waals surface area contributed by atoms with Crippen molar-refractivity contribution in [2.75, 3.05) is 12.8 Å². The lowest BCUT2D eigenvalue weighted by molar-refractivity contribution is 0.0602. The third-order valence-electron chi connectivity index (χ3n) is 2.64. The second-order valence-corrected chi connectivity index (χ2v) is 3.80. The number of halogens is 1. The molecule has 2 aromatic carbocycles. The monoisotopic (exact) mass is 259 g/mol. The number of nitrogens with zero attached hydrogens (tertiary/aromatic N) is 1. The first-order valence-electron chi connectivity index (χ1n) is 5.35. The van der Waals surface area contributed by atoms with Crippen LogP contribution in [0.2, 0.25) is 0 Å². The van der Waals surface area contributed by atoms with Crippen molar-refractivity contribution in [3.63, 3.8) is 0 Å². The summed E-state index contributed by atoms with van der Waals surface area (Å²) in [7, 11) is 1.30. The number of anilines is 1. The van der Waals surface area contributed by atoms with Gasteiger partial charge in [-0.25, -0.2) is 9.18 Å². The summed E-state index contributed by atoms with van der Waals surface area (Å²) < 4.78 is 17.5. The van der Waals surface area contributed by atoms with Gasteiger partial charge in [-0.05, 0) is 35.4 Å². The highest BCUT2D eigenvalue weighted by molar-refractivity contribution is 5.96. The standard InChI is InChI=1S/C14H12FNO2.N/c1-18-14(17)12-8-10(4-7-13(12)16)9-2-5-11(15)6-3-9;/h2-8H,16H2,1H3;. The first-order chi connectivity index (χ1) is 8.61. The Morgan fingerprint density at radius 2 is 1.68 bits per heavy atom. The summed E-state index contributed by atoms with van der Waals surface area (Å²) in [6, 6.07) is 11.0. The number of nitrogen functional groups attached to an aromatic ring is 1. The highest BCUT2D eigenvalue weighted by atomic mass is 19.1. The fraction of sp³-hybridized carbons (Fsp3) is 0.0714. The Morgan fingerprint density at radius 3 is 2.26 bits per heavy atom. The van der Waals surface area contributed by atoms with E-state index in [0.717, 1.165) is 11.1 Å². The Hall–Kier alpha value is -2.40. The van der Waals surface area contributed by atoms with Crippen LogP contribution in [0.5, 0.6) is 0 Å². The summed E-state index contributed by atoms with van der Waals surface area (Å²) in [6.45, 7) is 0. The van der Waals surface area contributed by atoms with E-state index in [4.69, 9.17) is 5.73 Å². The van der Waals surface area contributed by atoms with E-state index in [0.29, 0.717) is 11.3 Å². The number of methoxy groups -OCH3 is 1. The van der Waals surface area contributed by atoms with E-state index >= 15 is 0 Å². The average molecular weight is 259 g/mol. The van der Waals surface area contributed by atoms with Gasteiger partial charge in [0.2, 0.25) is 0 Å². The van der Waals surface area contributed by atoms with Crippen molar-refractivity contribution in [1.82, 2.24) is 6.15 Å². The molecule has 0 aliphatic heterocycles. The zero-order valence-corrected chi connectivity index (χ0v) is 10.3. The molecular weight excluding hydrogens is 247 g/mol. The molecule has 0 aliphatic rings. The number of hydrogen-bond donors (Lipinski definition) is 1. The van der Waals surface area contributed by atoms with Crippen LogP contribution in [0.3, 0.4) is 0 Å². The number of hydrogen-bond acceptors (Lipinski definition) is 3. The number of ether oxygens (including phenoxy) is 1. The molecular formula is C14H12FN2O2. The summed E-state index contributed by atoms with van der Waals surface area (Å²) in [5, 5.41) is 0. The van der Waals surface area contributed by atoms with E-state index < -0.39 is 5.97 Å². The van der Waals surface area contributed by atoms with Crippen molar-refractivity contribution >= 4 is 11.7 Å². The first kappa shape index (κ1) is 14.7. The molecule has 0 amide bonds. The van der Waals surface area contributed by atoms with Gasteiger partial charge in [-0.3, -0.25) is 0 Å². The molecule has 5 heteroatoms. The van der Waals surface area contributed by atoms with Gasteiger partial charge in [0.25, 0.3) is 0 Å². The van der Waals surface area contributed by atoms with E-state index in [9.17, 15) is 9.18 Å². The number of carbonyl (C=O) groups is 1. The predicted octanol–water partition coefficient (Wildman–Crippen LogP) is 2.38. The van der Waals surface area contributed by atoms with E-state index in [1.54, 1.807) is 30.3 Å². The van der Waals surface area contributed by atoms with Crippen LogP contribution in [-0.4, -0.2) is 13.1 Å². The molecule has 4 nitrogen and oxygen atoms in total. The Labute approximate surface area is 110 Å². The van der Waals surface area contributed by atoms with Gasteiger partial charge in [0, 0.05) is 11.8 Å². The molecule has 0 aromatic heterocycles. The van der Waals surface area contributed by atoms with Crippen LogP contribution >= 0.6 is 0 Å². The van der Waals surface area contributed by atoms with Crippen LogP contribution in [0.25, 0.3) is 11.1 Å². The van der Waals surface area contributed by atoms with Crippen LogP contribution in [-0.2, 0) is 4.74 Å². The van der Waals surface area contributed by atoms with Crippen LogP contribution in [0.15, 0.2) is 42.5 Å². The number of benzene rings is 2. The highest BCUT2D eigenvalue weighted by Crippen LogP contribution is 2.24. The van der Waals surface area contributed by atoms with E-state index in [2.05, 4.69) is 4.74 Å². The molecule has 3 radical (unpaired) electrons. The number of rotatable bonds is 2. The summed E-state index contributed by atoms with van der Waals surface area (Å²) >= 11 is 0. The van der Waals surface area contributed by atoms with E-state index in [-0.39, 0.29) is 12.0 Å². The second-order valence-electron chi connectivity index (χ2n) is 3.80. The van der Waals surface area contributed by atoms with Gasteiger partial charge in [-0.1, -0.05) is 18.2 Å². The smallest absolute Gasteiger partial charge is 0.339 e. The molecule has 2 N–H and O–H groups in total. The van der Waals surface area contributed by atoms with Gasteiger partial charge in [0.05, 0.1) is 12.7 Å². The topological polar surface area (TPSA) is 82.8 Å². The van der Waals surface area contributed by atoms with Gasteiger partial charge in [-0.15, -0.1) is 0 Å². The van der Waals surface area contributed by atoms with Gasteiger partial charge < -0.3 is 10.5 Å². The SMILES string of the molecule is COC(=O)c1cc(-c2ccc(F)cc2)ccc1N.[N]. The van der Waals surface area contributed by atoms with Crippen LogP contribution in [0, 0.1) is 5.82 Å². The van der Waals surface area contributed by atoms with E-state index in [1.807, 2.05) is 0 Å². The quantitative estimate of drug-likeness (QED) is 0.663. The Bertz CT molecular complexity index is 582. The molecule has 0 saturated carbocycles. The Kier molecular flexibility index (Phi) is 4.61. The highest BCUT2D eigenvalue weighted by Gasteiger charge is 2.11. The van der Waals surface area contributed by atoms with Crippen molar-refractivity contribution in [2.45, 2.75) is 0 Å². The fourth-order valence-electron chi connectivity index (χ4n) is 1.66. The maximum Gasteiger partial charge on any atom is 0.339 e. The number of nitrogens with two attached hydrogens (primary N) is 1. The lowest BCUT2D eigenvalue weighted by Crippen LogP contribution is -2.05. The van der Waals surface area contributed by atoms with Crippen LogP contribution in [0.4, 0.5) is 10.1 Å². The summed E-state index contributed by atoms with van der Waals surface area (Å²) in [5.74, 6) is -0.793. The minimum atomic E-state index is -0.489. The third-order valence-corrected chi connectivity index (χ3v) is 2.64. The largest absolute Gasteiger partial charge is 0.465 e. The van der Waals surface area contributed by atoms with Gasteiger partial charge in [-0.2, -0.15) is 0 Å². The minimum Gasteiger partial charge on any atom is -0.465 e. The third kappa shape index (κ3) is 3.08. The van der Waals surface area contributed by atoms with Crippen LogP contribution < -0.4 is 11.9 Å². The Balaban J connectivity index is 0.00000180. The van der Waals surface area contributed by atoms with Gasteiger partial charge in [0.15, 0.2) is 0 Å². The van der Waals surface area contributed by atoms with Gasteiger partial charge >= 0.3 is 5.97 Å². The lowest BCUT2D eigenvalue weighted by Gasteiger charge is -2.07. The molecule has 0 heterocycles. The fourth-order valence-corrected chi connectivity index (χ4v) is 1.66. The number of carbonyl (C=O) groups excluding carboxylic acids is 1. The molecule has 97 valence electrons.